The van der Waals surface area contributed by atoms with E-state index in [0.717, 1.165) is 21.3 Å². The fourth-order valence-electron chi connectivity index (χ4n) is 1.79. The molecular formula is C12H9NOP+. The van der Waals surface area contributed by atoms with Crippen molar-refractivity contribution < 1.29 is 4.57 Å². The molecule has 1 N–H and O–H groups in total. The van der Waals surface area contributed by atoms with Gasteiger partial charge in [-0.1, -0.05) is 28.8 Å². The van der Waals surface area contributed by atoms with Crippen LogP contribution in [0.5, 0.6) is 0 Å². The maximum atomic E-state index is 12.2. The van der Waals surface area contributed by atoms with Crippen LogP contribution in [0.1, 0.15) is 0 Å². The van der Waals surface area contributed by atoms with Crippen molar-refractivity contribution in [3.63, 3.8) is 0 Å². The number of benzene rings is 2. The average Bonchev–Trinajstić information content (AvgIpc) is 2.30. The highest BCUT2D eigenvalue weighted by atomic mass is 31.1. The molecule has 3 heteroatoms. The lowest BCUT2D eigenvalue weighted by molar-refractivity contribution is 0.602. The molecule has 0 radical (unpaired) electrons. The van der Waals surface area contributed by atoms with E-state index in [4.69, 9.17) is 0 Å². The molecule has 0 aliphatic heterocycles. The van der Waals surface area contributed by atoms with E-state index >= 15 is 0 Å². The van der Waals surface area contributed by atoms with E-state index < -0.39 is 7.41 Å². The zero-order valence-electron chi connectivity index (χ0n) is 7.97. The van der Waals surface area contributed by atoms with Gasteiger partial charge in [0.15, 0.2) is 0 Å². The topological polar surface area (TPSA) is 32.9 Å². The van der Waals surface area contributed by atoms with E-state index in [2.05, 4.69) is 4.98 Å². The minimum Gasteiger partial charge on any atom is -0.348 e. The molecule has 0 fully saturated rings. The van der Waals surface area contributed by atoms with Gasteiger partial charge in [0.05, 0.1) is 11.0 Å². The normalized spacial score (nSPS) is 10.9. The molecule has 1 heterocycles. The highest BCUT2D eigenvalue weighted by molar-refractivity contribution is 7.48. The van der Waals surface area contributed by atoms with Crippen LogP contribution in [0.4, 0.5) is 0 Å². The Morgan fingerprint density at radius 3 is 1.80 bits per heavy atom. The Labute approximate surface area is 87.3 Å². The van der Waals surface area contributed by atoms with Crippen molar-refractivity contribution >= 4 is 28.7 Å². The Hall–Kier alpha value is -1.66. The van der Waals surface area contributed by atoms with Gasteiger partial charge in [-0.3, -0.25) is 0 Å². The Morgan fingerprint density at radius 2 is 1.27 bits per heavy atom. The Bertz CT molecular complexity index is 645. The van der Waals surface area contributed by atoms with Gasteiger partial charge in [0.2, 0.25) is 10.2 Å². The van der Waals surface area contributed by atoms with E-state index in [0.29, 0.717) is 0 Å². The molecule has 0 amide bonds. The first-order chi connectivity index (χ1) is 7.36. The Balaban J connectivity index is 2.66. The monoisotopic (exact) mass is 214 g/mol. The predicted molar refractivity (Wildman–Crippen MR) is 63.4 cm³/mol. The molecule has 2 nitrogen and oxygen atoms in total. The van der Waals surface area contributed by atoms with Crippen LogP contribution in [0.25, 0.3) is 21.3 Å². The van der Waals surface area contributed by atoms with Crippen molar-refractivity contribution in [1.82, 2.24) is 4.98 Å². The zero-order valence-corrected chi connectivity index (χ0v) is 8.87. The smallest absolute Gasteiger partial charge is 0.348 e. The molecule has 3 aromatic rings. The molecule has 0 spiro atoms. The summed E-state index contributed by atoms with van der Waals surface area (Å²) in [5.41, 5.74) is 1.91. The molecule has 0 saturated heterocycles. The second kappa shape index (κ2) is 3.18. The number of hydrogen-bond acceptors (Lipinski definition) is 1. The van der Waals surface area contributed by atoms with Crippen LogP contribution in [0.3, 0.4) is 0 Å². The van der Waals surface area contributed by atoms with Crippen LogP contribution < -0.4 is 0 Å². The van der Waals surface area contributed by atoms with Crippen molar-refractivity contribution in [2.24, 2.45) is 0 Å². The average molecular weight is 214 g/mol. The summed E-state index contributed by atoms with van der Waals surface area (Å²) in [6.45, 7) is 0. The van der Waals surface area contributed by atoms with Crippen molar-refractivity contribution in [3.8, 4) is 0 Å². The van der Waals surface area contributed by atoms with E-state index in [1.54, 1.807) is 0 Å². The van der Waals surface area contributed by atoms with E-state index in [1.165, 1.54) is 0 Å². The molecule has 0 aliphatic carbocycles. The third-order valence-electron chi connectivity index (χ3n) is 2.52. The third-order valence-corrected chi connectivity index (χ3v) is 4.17. The van der Waals surface area contributed by atoms with Crippen LogP contribution in [-0.2, 0) is 4.57 Å². The molecule has 72 valence electrons. The van der Waals surface area contributed by atoms with Crippen LogP contribution >= 0.6 is 7.41 Å². The Morgan fingerprint density at radius 1 is 0.800 bits per heavy atom. The predicted octanol–water partition coefficient (Wildman–Crippen LogP) is 4.06. The third kappa shape index (κ3) is 1.26. The highest BCUT2D eigenvalue weighted by Gasteiger charge is 2.14. The SMILES string of the molecule is O=[p+]1c2ccccc2[nH]c2ccccc21. The van der Waals surface area contributed by atoms with Crippen molar-refractivity contribution in [2.75, 3.05) is 0 Å². The molecule has 0 unspecified atom stereocenters. The summed E-state index contributed by atoms with van der Waals surface area (Å²) in [5.74, 6) is 0. The molecular weight excluding hydrogens is 205 g/mol. The lowest BCUT2D eigenvalue weighted by Crippen LogP contribution is -1.78. The minimum absolute atomic E-state index is 0.895. The summed E-state index contributed by atoms with van der Waals surface area (Å²) in [7, 11) is -1.44. The van der Waals surface area contributed by atoms with Gasteiger partial charge in [0.1, 0.15) is 0 Å². The van der Waals surface area contributed by atoms with Crippen molar-refractivity contribution in [2.45, 2.75) is 0 Å². The maximum Gasteiger partial charge on any atom is 0.419 e. The van der Waals surface area contributed by atoms with Crippen LogP contribution in [0, 0.1) is 0 Å². The number of rotatable bonds is 0. The summed E-state index contributed by atoms with van der Waals surface area (Å²) in [6.07, 6.45) is 0. The highest BCUT2D eigenvalue weighted by Crippen LogP contribution is 2.34. The van der Waals surface area contributed by atoms with Gasteiger partial charge in [0.25, 0.3) is 0 Å². The fourth-order valence-corrected chi connectivity index (χ4v) is 3.19. The second-order valence-electron chi connectivity index (χ2n) is 3.45. The van der Waals surface area contributed by atoms with E-state index in [9.17, 15) is 4.57 Å². The lowest BCUT2D eigenvalue weighted by atomic mass is 10.3. The van der Waals surface area contributed by atoms with Gasteiger partial charge < -0.3 is 4.98 Å². The standard InChI is InChI=1S/C12H9NOP/c14-15-11-7-3-1-5-9(11)13-10-6-2-4-8-12(10)15/h1-8H,(H,13,14)/q+1. The van der Waals surface area contributed by atoms with Crippen LogP contribution in [-0.4, -0.2) is 4.98 Å². The number of nitrogens with one attached hydrogen (secondary N) is 1. The van der Waals surface area contributed by atoms with Crippen molar-refractivity contribution in [1.29, 1.82) is 0 Å². The zero-order chi connectivity index (χ0) is 10.3. The molecule has 0 atom stereocenters. The largest absolute Gasteiger partial charge is 0.419 e. The number of para-hydroxylation sites is 2. The molecule has 0 aliphatic rings. The first-order valence-corrected chi connectivity index (χ1v) is 6.04. The number of hydrogen-bond donors (Lipinski definition) is 1. The molecule has 15 heavy (non-hydrogen) atoms. The van der Waals surface area contributed by atoms with Crippen LogP contribution in [0.15, 0.2) is 48.5 Å². The van der Waals surface area contributed by atoms with E-state index in [-0.39, 0.29) is 0 Å². The number of fused-ring (bicyclic) bond motifs is 2. The summed E-state index contributed by atoms with van der Waals surface area (Å²) in [6, 6.07) is 15.5. The summed E-state index contributed by atoms with van der Waals surface area (Å²) >= 11 is 0. The van der Waals surface area contributed by atoms with Gasteiger partial charge in [-0.25, -0.2) is 0 Å². The van der Waals surface area contributed by atoms with Gasteiger partial charge in [-0.15, -0.1) is 0 Å². The molecule has 1 aromatic heterocycles. The molecule has 0 bridgehead atoms. The molecule has 3 rings (SSSR count). The quantitative estimate of drug-likeness (QED) is 0.562. The van der Waals surface area contributed by atoms with Crippen molar-refractivity contribution in [3.05, 3.63) is 48.5 Å². The number of H-pyrrole nitrogens is 1. The summed E-state index contributed by atoms with van der Waals surface area (Å²) in [4.78, 5) is 3.29. The fraction of sp³-hybridized carbons (Fsp3) is 0. The van der Waals surface area contributed by atoms with Crippen LogP contribution in [0.2, 0.25) is 0 Å². The van der Waals surface area contributed by atoms with Gasteiger partial charge in [-0.05, 0) is 24.3 Å². The first-order valence-electron chi connectivity index (χ1n) is 4.78. The number of aromatic amines is 1. The van der Waals surface area contributed by atoms with Gasteiger partial charge >= 0.3 is 7.41 Å². The number of aromatic nitrogens is 1. The molecule has 0 saturated carbocycles. The first kappa shape index (κ1) is 8.63. The second-order valence-corrected chi connectivity index (χ2v) is 5.01. The van der Waals surface area contributed by atoms with Gasteiger partial charge in [0, 0.05) is 0 Å². The lowest BCUT2D eigenvalue weighted by Gasteiger charge is -1.93. The Kier molecular flexibility index (Phi) is 1.83. The van der Waals surface area contributed by atoms with E-state index in [1.807, 2.05) is 48.5 Å². The maximum absolute atomic E-state index is 12.2. The minimum atomic E-state index is -1.44. The van der Waals surface area contributed by atoms with Gasteiger partial charge in [-0.2, -0.15) is 0 Å². The summed E-state index contributed by atoms with van der Waals surface area (Å²) < 4.78 is 12.2. The molecule has 2 aromatic carbocycles. The summed E-state index contributed by atoms with van der Waals surface area (Å²) in [5, 5.41) is 1.79.